The van der Waals surface area contributed by atoms with Crippen LogP contribution in [0.3, 0.4) is 0 Å². The van der Waals surface area contributed by atoms with Crippen LogP contribution in [0.4, 0.5) is 11.9 Å². The van der Waals surface area contributed by atoms with Crippen molar-refractivity contribution < 1.29 is 4.74 Å². The Morgan fingerprint density at radius 1 is 1.24 bits per heavy atom. The molecule has 0 aromatic carbocycles. The molecular weight excluding hydrogens is 272 g/mol. The fraction of sp³-hybridized carbons (Fsp3) is 0.583. The fourth-order valence-electron chi connectivity index (χ4n) is 2.42. The first-order valence-corrected chi connectivity index (χ1v) is 6.86. The predicted molar refractivity (Wildman–Crippen MR) is 76.3 cm³/mol. The Bertz CT molecular complexity index is 587. The lowest BCUT2D eigenvalue weighted by Gasteiger charge is -2.14. The zero-order valence-electron chi connectivity index (χ0n) is 12.0. The molecule has 2 aromatic heterocycles. The Labute approximate surface area is 122 Å². The van der Waals surface area contributed by atoms with Crippen LogP contribution in [0.1, 0.15) is 19.3 Å². The largest absolute Gasteiger partial charge is 0.381 e. The van der Waals surface area contributed by atoms with Gasteiger partial charge in [0.25, 0.3) is 5.95 Å². The van der Waals surface area contributed by atoms with E-state index in [1.54, 1.807) is 20.5 Å². The van der Waals surface area contributed by atoms with Crippen molar-refractivity contribution >= 4 is 11.9 Å². The Hall–Kier alpha value is -2.29. The molecule has 0 spiro atoms. The Balaban J connectivity index is 1.80. The van der Waals surface area contributed by atoms with Crippen LogP contribution in [0.15, 0.2) is 12.7 Å². The maximum absolute atomic E-state index is 5.38. The molecule has 112 valence electrons. The van der Waals surface area contributed by atoms with Crippen molar-refractivity contribution in [1.29, 1.82) is 0 Å². The predicted octanol–water partition coefficient (Wildman–Crippen LogP) is 0.473. The summed E-state index contributed by atoms with van der Waals surface area (Å²) in [4.78, 5) is 16.9. The molecule has 1 saturated carbocycles. The number of hydrogen-bond acceptors (Lipinski definition) is 8. The summed E-state index contributed by atoms with van der Waals surface area (Å²) in [6.07, 6.45) is 6.34. The highest BCUT2D eigenvalue weighted by Crippen LogP contribution is 2.24. The summed E-state index contributed by atoms with van der Waals surface area (Å²) in [5.74, 6) is 1.44. The summed E-state index contributed by atoms with van der Waals surface area (Å²) in [5, 5.41) is 10.3. The summed E-state index contributed by atoms with van der Waals surface area (Å²) in [5.41, 5.74) is 0. The van der Waals surface area contributed by atoms with E-state index in [0.29, 0.717) is 30.0 Å². The van der Waals surface area contributed by atoms with Crippen LogP contribution in [0, 0.1) is 0 Å². The van der Waals surface area contributed by atoms with E-state index in [0.717, 1.165) is 19.3 Å². The molecule has 9 heteroatoms. The fourth-order valence-corrected chi connectivity index (χ4v) is 2.42. The summed E-state index contributed by atoms with van der Waals surface area (Å²) < 4.78 is 6.88. The highest BCUT2D eigenvalue weighted by Gasteiger charge is 2.25. The molecule has 2 unspecified atom stereocenters. The first-order valence-electron chi connectivity index (χ1n) is 6.86. The third kappa shape index (κ3) is 3.07. The summed E-state index contributed by atoms with van der Waals surface area (Å²) in [6.45, 7) is 0. The third-order valence-corrected chi connectivity index (χ3v) is 3.52. The maximum atomic E-state index is 5.38. The highest BCUT2D eigenvalue weighted by molar-refractivity contribution is 5.38. The molecule has 2 aromatic rings. The Morgan fingerprint density at radius 3 is 2.76 bits per heavy atom. The van der Waals surface area contributed by atoms with E-state index >= 15 is 0 Å². The second kappa shape index (κ2) is 6.00. The van der Waals surface area contributed by atoms with Gasteiger partial charge >= 0.3 is 0 Å². The lowest BCUT2D eigenvalue weighted by Crippen LogP contribution is -2.20. The molecule has 0 saturated heterocycles. The zero-order chi connectivity index (χ0) is 14.7. The topological polar surface area (TPSA) is 103 Å². The van der Waals surface area contributed by atoms with Gasteiger partial charge in [0.1, 0.15) is 12.7 Å². The SMILES string of the molecule is CNc1nc(NC2CCC(OC)C2)nc(-n2cncn2)n1. The van der Waals surface area contributed by atoms with Crippen LogP contribution in [-0.4, -0.2) is 56.0 Å². The average molecular weight is 290 g/mol. The molecule has 1 aliphatic carbocycles. The lowest BCUT2D eigenvalue weighted by molar-refractivity contribution is 0.108. The Kier molecular flexibility index (Phi) is 3.91. The van der Waals surface area contributed by atoms with Crippen molar-refractivity contribution in [3.63, 3.8) is 0 Å². The van der Waals surface area contributed by atoms with Gasteiger partial charge < -0.3 is 15.4 Å². The Morgan fingerprint density at radius 2 is 2.10 bits per heavy atom. The number of nitrogens with one attached hydrogen (secondary N) is 2. The minimum atomic E-state index is 0.308. The molecule has 1 aliphatic rings. The van der Waals surface area contributed by atoms with Gasteiger partial charge in [-0.15, -0.1) is 0 Å². The van der Waals surface area contributed by atoms with Crippen LogP contribution in [0.2, 0.25) is 0 Å². The third-order valence-electron chi connectivity index (χ3n) is 3.52. The number of aromatic nitrogens is 6. The lowest BCUT2D eigenvalue weighted by atomic mass is 10.2. The van der Waals surface area contributed by atoms with Crippen molar-refractivity contribution in [3.8, 4) is 5.95 Å². The number of hydrogen-bond donors (Lipinski definition) is 2. The number of anilines is 2. The minimum Gasteiger partial charge on any atom is -0.381 e. The van der Waals surface area contributed by atoms with E-state index in [4.69, 9.17) is 4.74 Å². The van der Waals surface area contributed by atoms with Gasteiger partial charge in [-0.25, -0.2) is 4.98 Å². The van der Waals surface area contributed by atoms with Gasteiger partial charge in [0.2, 0.25) is 11.9 Å². The normalized spacial score (nSPS) is 21.4. The maximum Gasteiger partial charge on any atom is 0.258 e. The smallest absolute Gasteiger partial charge is 0.258 e. The molecule has 0 bridgehead atoms. The van der Waals surface area contributed by atoms with Gasteiger partial charge in [-0.1, -0.05) is 0 Å². The van der Waals surface area contributed by atoms with Gasteiger partial charge in [-0.2, -0.15) is 24.7 Å². The first-order chi connectivity index (χ1) is 10.3. The average Bonchev–Trinajstić information content (AvgIpc) is 3.18. The van der Waals surface area contributed by atoms with Crippen LogP contribution in [-0.2, 0) is 4.74 Å². The molecule has 0 radical (unpaired) electrons. The first kappa shape index (κ1) is 13.7. The molecule has 2 N–H and O–H groups in total. The van der Waals surface area contributed by atoms with E-state index in [1.165, 1.54) is 11.0 Å². The van der Waals surface area contributed by atoms with Gasteiger partial charge in [0, 0.05) is 20.2 Å². The highest BCUT2D eigenvalue weighted by atomic mass is 16.5. The molecule has 3 rings (SSSR count). The molecule has 0 aliphatic heterocycles. The van der Waals surface area contributed by atoms with E-state index < -0.39 is 0 Å². The number of methoxy groups -OCH3 is 1. The van der Waals surface area contributed by atoms with Crippen LogP contribution >= 0.6 is 0 Å². The van der Waals surface area contributed by atoms with Crippen molar-refractivity contribution in [2.24, 2.45) is 0 Å². The van der Waals surface area contributed by atoms with Crippen molar-refractivity contribution in [2.45, 2.75) is 31.4 Å². The summed E-state index contributed by atoms with van der Waals surface area (Å²) in [6, 6.07) is 0.311. The van der Waals surface area contributed by atoms with Gasteiger partial charge in [-0.3, -0.25) is 0 Å². The summed E-state index contributed by atoms with van der Waals surface area (Å²) in [7, 11) is 3.51. The van der Waals surface area contributed by atoms with Gasteiger partial charge in [0.15, 0.2) is 0 Å². The standard InChI is InChI=1S/C12H18N8O/c1-13-10-17-11(16-8-3-4-9(5-8)21-2)19-12(18-10)20-7-14-6-15-20/h6-9H,3-5H2,1-2H3,(H2,13,16,17,18,19). The molecule has 9 nitrogen and oxygen atoms in total. The second-order valence-corrected chi connectivity index (χ2v) is 4.88. The number of rotatable bonds is 5. The van der Waals surface area contributed by atoms with E-state index in [2.05, 4.69) is 35.7 Å². The van der Waals surface area contributed by atoms with Crippen molar-refractivity contribution in [1.82, 2.24) is 29.7 Å². The monoisotopic (exact) mass is 290 g/mol. The second-order valence-electron chi connectivity index (χ2n) is 4.88. The van der Waals surface area contributed by atoms with E-state index in [1.807, 2.05) is 0 Å². The molecule has 21 heavy (non-hydrogen) atoms. The molecule has 1 fully saturated rings. The van der Waals surface area contributed by atoms with Crippen LogP contribution < -0.4 is 10.6 Å². The van der Waals surface area contributed by atoms with Crippen molar-refractivity contribution in [2.75, 3.05) is 24.8 Å². The van der Waals surface area contributed by atoms with Crippen LogP contribution in [0.5, 0.6) is 0 Å². The molecular formula is C12H18N8O. The summed E-state index contributed by atoms with van der Waals surface area (Å²) >= 11 is 0. The van der Waals surface area contributed by atoms with Gasteiger partial charge in [-0.05, 0) is 19.3 Å². The van der Waals surface area contributed by atoms with E-state index in [9.17, 15) is 0 Å². The zero-order valence-corrected chi connectivity index (χ0v) is 12.0. The molecule has 2 atom stereocenters. The van der Waals surface area contributed by atoms with Crippen LogP contribution in [0.25, 0.3) is 5.95 Å². The van der Waals surface area contributed by atoms with E-state index in [-0.39, 0.29) is 0 Å². The molecule has 2 heterocycles. The number of ether oxygens (including phenoxy) is 1. The molecule has 0 amide bonds. The van der Waals surface area contributed by atoms with Crippen molar-refractivity contribution in [3.05, 3.63) is 12.7 Å². The number of nitrogens with zero attached hydrogens (tertiary/aromatic N) is 6. The van der Waals surface area contributed by atoms with Gasteiger partial charge in [0.05, 0.1) is 6.10 Å². The quantitative estimate of drug-likeness (QED) is 0.819. The minimum absolute atomic E-state index is 0.308.